The van der Waals surface area contributed by atoms with Crippen LogP contribution in [0, 0.1) is 12.8 Å². The number of nitrogens with one attached hydrogen (secondary N) is 1. The van der Waals surface area contributed by atoms with Crippen LogP contribution in [0.4, 0.5) is 0 Å². The van der Waals surface area contributed by atoms with Gasteiger partial charge in [0.15, 0.2) is 0 Å². The number of rotatable bonds is 8. The molecule has 0 spiro atoms. The number of hydrogen-bond acceptors (Lipinski definition) is 3. The number of carbonyl (C=O) groups excluding carboxylic acids is 1. The average Bonchev–Trinajstić information content (AvgIpc) is 3.13. The van der Waals surface area contributed by atoms with E-state index in [-0.39, 0.29) is 18.6 Å². The van der Waals surface area contributed by atoms with Gasteiger partial charge in [0.1, 0.15) is 0 Å². The summed E-state index contributed by atoms with van der Waals surface area (Å²) in [4.78, 5) is 14.6. The van der Waals surface area contributed by atoms with Crippen LogP contribution in [-0.4, -0.2) is 23.7 Å². The molecular weight excluding hydrogens is 258 g/mol. The fraction of sp³-hybridized carbons (Fsp3) is 0.667. The standard InChI is InChI=1S/C15H23NO2S/c1-11-5-8-13(19-11)3-2-4-15(18)16-14(9-10-17)12-6-7-12/h5,8,12,14,17H,2-4,6-7,9-10H2,1H3,(H,16,18). The third kappa shape index (κ3) is 4.96. The van der Waals surface area contributed by atoms with E-state index in [1.165, 1.54) is 22.6 Å². The predicted molar refractivity (Wildman–Crippen MR) is 78.4 cm³/mol. The fourth-order valence-electron chi connectivity index (χ4n) is 2.39. The minimum Gasteiger partial charge on any atom is -0.396 e. The van der Waals surface area contributed by atoms with Crippen molar-refractivity contribution in [2.45, 2.75) is 51.5 Å². The van der Waals surface area contributed by atoms with Crippen molar-refractivity contribution in [2.24, 2.45) is 5.92 Å². The molecule has 19 heavy (non-hydrogen) atoms. The molecule has 2 rings (SSSR count). The molecule has 0 radical (unpaired) electrons. The smallest absolute Gasteiger partial charge is 0.220 e. The Labute approximate surface area is 119 Å². The SMILES string of the molecule is Cc1ccc(CCCC(=O)NC(CCO)C2CC2)s1. The zero-order chi connectivity index (χ0) is 13.7. The van der Waals surface area contributed by atoms with E-state index in [1.54, 1.807) is 0 Å². The highest BCUT2D eigenvalue weighted by Crippen LogP contribution is 2.33. The van der Waals surface area contributed by atoms with E-state index in [2.05, 4.69) is 24.4 Å². The summed E-state index contributed by atoms with van der Waals surface area (Å²) in [5.41, 5.74) is 0. The average molecular weight is 281 g/mol. The Morgan fingerprint density at radius 3 is 2.89 bits per heavy atom. The molecule has 1 saturated carbocycles. The van der Waals surface area contributed by atoms with Gasteiger partial charge in [-0.15, -0.1) is 11.3 Å². The van der Waals surface area contributed by atoms with Crippen molar-refractivity contribution < 1.29 is 9.90 Å². The lowest BCUT2D eigenvalue weighted by molar-refractivity contribution is -0.122. The van der Waals surface area contributed by atoms with Gasteiger partial charge in [-0.3, -0.25) is 4.79 Å². The van der Waals surface area contributed by atoms with Gasteiger partial charge in [-0.1, -0.05) is 0 Å². The van der Waals surface area contributed by atoms with Gasteiger partial charge in [0.2, 0.25) is 5.91 Å². The molecule has 0 bridgehead atoms. The molecular formula is C15H23NO2S. The van der Waals surface area contributed by atoms with Crippen molar-refractivity contribution >= 4 is 17.2 Å². The van der Waals surface area contributed by atoms with Gasteiger partial charge in [-0.25, -0.2) is 0 Å². The molecule has 3 nitrogen and oxygen atoms in total. The number of aliphatic hydroxyl groups is 1. The number of aryl methyl sites for hydroxylation is 2. The number of hydrogen-bond donors (Lipinski definition) is 2. The summed E-state index contributed by atoms with van der Waals surface area (Å²) >= 11 is 1.81. The summed E-state index contributed by atoms with van der Waals surface area (Å²) in [5.74, 6) is 0.745. The molecule has 0 saturated heterocycles. The van der Waals surface area contributed by atoms with Crippen LogP contribution in [0.25, 0.3) is 0 Å². The summed E-state index contributed by atoms with van der Waals surface area (Å²) in [6.07, 6.45) is 5.56. The predicted octanol–water partition coefficient (Wildman–Crippen LogP) is 2.66. The second-order valence-electron chi connectivity index (χ2n) is 5.39. The van der Waals surface area contributed by atoms with E-state index in [0.29, 0.717) is 18.8 Å². The lowest BCUT2D eigenvalue weighted by Gasteiger charge is -2.16. The van der Waals surface area contributed by atoms with Crippen molar-refractivity contribution in [2.75, 3.05) is 6.61 Å². The number of thiophene rings is 1. The minimum absolute atomic E-state index is 0.138. The summed E-state index contributed by atoms with van der Waals surface area (Å²) < 4.78 is 0. The summed E-state index contributed by atoms with van der Waals surface area (Å²) in [6.45, 7) is 2.27. The fourth-order valence-corrected chi connectivity index (χ4v) is 3.32. The summed E-state index contributed by atoms with van der Waals surface area (Å²) in [6, 6.07) is 4.47. The molecule has 1 amide bonds. The van der Waals surface area contributed by atoms with E-state index >= 15 is 0 Å². The highest BCUT2D eigenvalue weighted by atomic mass is 32.1. The normalized spacial score (nSPS) is 16.3. The largest absolute Gasteiger partial charge is 0.396 e. The van der Waals surface area contributed by atoms with Crippen molar-refractivity contribution in [3.8, 4) is 0 Å². The molecule has 1 aliphatic rings. The Balaban J connectivity index is 1.66. The number of amides is 1. The first kappa shape index (κ1) is 14.5. The Bertz CT molecular complexity index is 412. The Kier molecular flexibility index (Phi) is 5.40. The third-order valence-corrected chi connectivity index (χ3v) is 4.66. The molecule has 1 atom stereocenters. The molecule has 4 heteroatoms. The van der Waals surface area contributed by atoms with Crippen molar-refractivity contribution in [3.63, 3.8) is 0 Å². The highest BCUT2D eigenvalue weighted by molar-refractivity contribution is 7.11. The van der Waals surface area contributed by atoms with Crippen LogP contribution in [0.2, 0.25) is 0 Å². The van der Waals surface area contributed by atoms with Crippen LogP contribution in [0.5, 0.6) is 0 Å². The molecule has 1 aliphatic carbocycles. The maximum atomic E-state index is 11.9. The monoisotopic (exact) mass is 281 g/mol. The molecule has 1 aromatic heterocycles. The van der Waals surface area contributed by atoms with Gasteiger partial charge in [0.05, 0.1) is 0 Å². The first-order chi connectivity index (χ1) is 9.19. The van der Waals surface area contributed by atoms with Crippen LogP contribution >= 0.6 is 11.3 Å². The third-order valence-electron chi connectivity index (χ3n) is 3.60. The van der Waals surface area contributed by atoms with Crippen molar-refractivity contribution in [3.05, 3.63) is 21.9 Å². The van der Waals surface area contributed by atoms with Gasteiger partial charge in [-0.05, 0) is 57.1 Å². The molecule has 2 N–H and O–H groups in total. The van der Waals surface area contributed by atoms with Crippen LogP contribution in [0.1, 0.15) is 41.9 Å². The van der Waals surface area contributed by atoms with Crippen molar-refractivity contribution in [1.82, 2.24) is 5.32 Å². The first-order valence-corrected chi connectivity index (χ1v) is 7.96. The van der Waals surface area contributed by atoms with E-state index < -0.39 is 0 Å². The van der Waals surface area contributed by atoms with Gasteiger partial charge in [0, 0.05) is 28.8 Å². The van der Waals surface area contributed by atoms with Crippen LogP contribution in [0.3, 0.4) is 0 Å². The lowest BCUT2D eigenvalue weighted by atomic mass is 10.1. The van der Waals surface area contributed by atoms with Crippen LogP contribution < -0.4 is 5.32 Å². The highest BCUT2D eigenvalue weighted by Gasteiger charge is 2.31. The molecule has 1 heterocycles. The molecule has 1 fully saturated rings. The zero-order valence-electron chi connectivity index (χ0n) is 11.5. The molecule has 0 aliphatic heterocycles. The molecule has 106 valence electrons. The maximum Gasteiger partial charge on any atom is 0.220 e. The second-order valence-corrected chi connectivity index (χ2v) is 6.76. The summed E-state index contributed by atoms with van der Waals surface area (Å²) in [7, 11) is 0. The number of aliphatic hydroxyl groups excluding tert-OH is 1. The van der Waals surface area contributed by atoms with Crippen LogP contribution in [-0.2, 0) is 11.2 Å². The number of carbonyl (C=O) groups is 1. The maximum absolute atomic E-state index is 11.9. The van der Waals surface area contributed by atoms with E-state index in [4.69, 9.17) is 5.11 Å². The topological polar surface area (TPSA) is 49.3 Å². The molecule has 1 unspecified atom stereocenters. The van der Waals surface area contributed by atoms with Crippen molar-refractivity contribution in [1.29, 1.82) is 0 Å². The quantitative estimate of drug-likeness (QED) is 0.769. The van der Waals surface area contributed by atoms with Gasteiger partial charge in [-0.2, -0.15) is 0 Å². The van der Waals surface area contributed by atoms with Crippen LogP contribution in [0.15, 0.2) is 12.1 Å². The van der Waals surface area contributed by atoms with E-state index in [9.17, 15) is 4.79 Å². The first-order valence-electron chi connectivity index (χ1n) is 7.14. The zero-order valence-corrected chi connectivity index (χ0v) is 12.3. The lowest BCUT2D eigenvalue weighted by Crippen LogP contribution is -2.37. The van der Waals surface area contributed by atoms with Gasteiger partial charge < -0.3 is 10.4 Å². The van der Waals surface area contributed by atoms with E-state index in [1.807, 2.05) is 11.3 Å². The van der Waals surface area contributed by atoms with Gasteiger partial charge in [0.25, 0.3) is 0 Å². The summed E-state index contributed by atoms with van der Waals surface area (Å²) in [5, 5.41) is 12.1. The Hall–Kier alpha value is -0.870. The second kappa shape index (κ2) is 7.06. The molecule has 1 aromatic rings. The minimum atomic E-state index is 0.138. The van der Waals surface area contributed by atoms with Gasteiger partial charge >= 0.3 is 0 Å². The Morgan fingerprint density at radius 2 is 2.32 bits per heavy atom. The van der Waals surface area contributed by atoms with E-state index in [0.717, 1.165) is 12.8 Å². The Morgan fingerprint density at radius 1 is 1.53 bits per heavy atom. The molecule has 0 aromatic carbocycles.